The lowest BCUT2D eigenvalue weighted by atomic mass is 10.1. The van der Waals surface area contributed by atoms with Crippen molar-refractivity contribution in [2.24, 2.45) is 0 Å². The van der Waals surface area contributed by atoms with Crippen LogP contribution in [0.1, 0.15) is 38.2 Å². The summed E-state index contributed by atoms with van der Waals surface area (Å²) in [6.07, 6.45) is 3.90. The van der Waals surface area contributed by atoms with Gasteiger partial charge in [-0.2, -0.15) is 0 Å². The van der Waals surface area contributed by atoms with Crippen LogP contribution in [0.5, 0.6) is 0 Å². The topological polar surface area (TPSA) is 86.8 Å². The first kappa shape index (κ1) is 30.4. The third-order valence-electron chi connectivity index (χ3n) is 6.90. The van der Waals surface area contributed by atoms with E-state index in [0.717, 1.165) is 40.0 Å². The van der Waals surface area contributed by atoms with Crippen molar-refractivity contribution >= 4 is 66.7 Å². The summed E-state index contributed by atoms with van der Waals surface area (Å²) in [5.74, 6) is -0.836. The monoisotopic (exact) mass is 665 g/mol. The maximum atomic E-state index is 14.0. The van der Waals surface area contributed by atoms with Crippen molar-refractivity contribution in [2.45, 2.75) is 56.1 Å². The Labute approximate surface area is 253 Å². The van der Waals surface area contributed by atoms with Gasteiger partial charge in [0.25, 0.3) is 10.0 Å². The van der Waals surface area contributed by atoms with E-state index in [2.05, 4.69) is 21.2 Å². The van der Waals surface area contributed by atoms with E-state index >= 15 is 0 Å². The second-order valence-corrected chi connectivity index (χ2v) is 13.4. The van der Waals surface area contributed by atoms with Gasteiger partial charge in [-0.1, -0.05) is 82.3 Å². The molecule has 1 aliphatic carbocycles. The van der Waals surface area contributed by atoms with Gasteiger partial charge >= 0.3 is 0 Å². The highest BCUT2D eigenvalue weighted by Crippen LogP contribution is 2.33. The fraction of sp³-hybridized carbons (Fsp3) is 0.310. The second-order valence-electron chi connectivity index (χ2n) is 9.74. The smallest absolute Gasteiger partial charge is 0.264 e. The molecule has 3 aromatic carbocycles. The molecule has 0 saturated heterocycles. The lowest BCUT2D eigenvalue weighted by Gasteiger charge is -2.32. The van der Waals surface area contributed by atoms with Crippen molar-refractivity contribution in [1.82, 2.24) is 10.2 Å². The van der Waals surface area contributed by atoms with Crippen LogP contribution >= 0.6 is 39.1 Å². The summed E-state index contributed by atoms with van der Waals surface area (Å²) in [7, 11) is -4.21. The van der Waals surface area contributed by atoms with Crippen molar-refractivity contribution in [3.63, 3.8) is 0 Å². The van der Waals surface area contributed by atoms with Crippen LogP contribution in [0.3, 0.4) is 0 Å². The molecular weight excluding hydrogens is 637 g/mol. The first-order valence-electron chi connectivity index (χ1n) is 12.9. The minimum Gasteiger partial charge on any atom is -0.352 e. The highest BCUT2D eigenvalue weighted by molar-refractivity contribution is 9.10. The number of halogens is 3. The van der Waals surface area contributed by atoms with Crippen molar-refractivity contribution in [2.75, 3.05) is 10.8 Å². The number of hydrogen-bond donors (Lipinski definition) is 1. The maximum Gasteiger partial charge on any atom is 0.264 e. The van der Waals surface area contributed by atoms with Crippen LogP contribution in [0.15, 0.2) is 82.2 Å². The zero-order chi connectivity index (χ0) is 28.9. The molecule has 1 atom stereocenters. The molecule has 1 aliphatic rings. The summed E-state index contributed by atoms with van der Waals surface area (Å²) in [4.78, 5) is 28.7. The highest BCUT2D eigenvalue weighted by Gasteiger charge is 2.34. The van der Waals surface area contributed by atoms with Gasteiger partial charge < -0.3 is 10.2 Å². The first-order valence-corrected chi connectivity index (χ1v) is 15.9. The fourth-order valence-corrected chi connectivity index (χ4v) is 7.18. The lowest BCUT2D eigenvalue weighted by Crippen LogP contribution is -2.52. The number of sulfonamides is 1. The molecule has 0 spiro atoms. The van der Waals surface area contributed by atoms with Crippen molar-refractivity contribution in [1.29, 1.82) is 0 Å². The molecule has 0 aliphatic heterocycles. The van der Waals surface area contributed by atoms with Gasteiger partial charge in [-0.15, -0.1) is 0 Å². The van der Waals surface area contributed by atoms with Crippen LogP contribution in [0.25, 0.3) is 0 Å². The molecule has 3 aromatic rings. The Bertz CT molecular complexity index is 1470. The molecule has 212 valence electrons. The molecule has 7 nitrogen and oxygen atoms in total. The van der Waals surface area contributed by atoms with E-state index < -0.39 is 28.5 Å². The molecule has 2 amide bonds. The number of benzene rings is 3. The van der Waals surface area contributed by atoms with Crippen LogP contribution in [-0.4, -0.2) is 43.8 Å². The zero-order valence-corrected chi connectivity index (χ0v) is 25.8. The molecule has 40 heavy (non-hydrogen) atoms. The maximum absolute atomic E-state index is 14.0. The SMILES string of the molecule is C[C@H](C(=O)NC1CCCC1)N(Cc1cccc(Br)c1)C(=O)CN(c1ccc(Cl)cc1Cl)S(=O)(=O)c1ccccc1. The van der Waals surface area contributed by atoms with Gasteiger partial charge in [-0.3, -0.25) is 13.9 Å². The number of carbonyl (C=O) groups is 2. The Balaban J connectivity index is 1.70. The third kappa shape index (κ3) is 7.37. The molecule has 1 N–H and O–H groups in total. The molecule has 0 radical (unpaired) electrons. The molecule has 4 rings (SSSR count). The summed E-state index contributed by atoms with van der Waals surface area (Å²) in [6, 6.07) is 18.8. The van der Waals surface area contributed by atoms with E-state index in [1.54, 1.807) is 25.1 Å². The van der Waals surface area contributed by atoms with Crippen LogP contribution < -0.4 is 9.62 Å². The van der Waals surface area contributed by atoms with E-state index in [4.69, 9.17) is 23.2 Å². The van der Waals surface area contributed by atoms with Crippen LogP contribution in [0.4, 0.5) is 5.69 Å². The number of rotatable bonds is 10. The fourth-order valence-electron chi connectivity index (χ4n) is 4.72. The minimum atomic E-state index is -4.21. The average molecular weight is 667 g/mol. The van der Waals surface area contributed by atoms with Crippen molar-refractivity contribution in [3.05, 3.63) is 92.9 Å². The van der Waals surface area contributed by atoms with E-state index in [1.165, 1.54) is 35.2 Å². The Kier molecular flexibility index (Phi) is 10.2. The van der Waals surface area contributed by atoms with Gasteiger partial charge in [0.05, 0.1) is 15.6 Å². The van der Waals surface area contributed by atoms with Crippen molar-refractivity contribution in [3.8, 4) is 0 Å². The summed E-state index contributed by atoms with van der Waals surface area (Å²) in [5.41, 5.74) is 0.888. The predicted octanol–water partition coefficient (Wildman–Crippen LogP) is 6.43. The molecule has 0 unspecified atom stereocenters. The number of hydrogen-bond acceptors (Lipinski definition) is 4. The summed E-state index contributed by atoms with van der Waals surface area (Å²) in [5, 5.41) is 3.46. The number of nitrogens with zero attached hydrogens (tertiary/aromatic N) is 2. The Morgan fingerprint density at radius 1 is 1.00 bits per heavy atom. The van der Waals surface area contributed by atoms with Crippen LogP contribution in [0, 0.1) is 0 Å². The second kappa shape index (κ2) is 13.4. The minimum absolute atomic E-state index is 0.000573. The highest BCUT2D eigenvalue weighted by atomic mass is 79.9. The van der Waals surface area contributed by atoms with E-state index in [1.807, 2.05) is 24.3 Å². The number of amides is 2. The normalized spacial score (nSPS) is 14.5. The van der Waals surface area contributed by atoms with E-state index in [-0.39, 0.29) is 34.1 Å². The number of carbonyl (C=O) groups excluding carboxylic acids is 2. The van der Waals surface area contributed by atoms with Gasteiger partial charge in [0.15, 0.2) is 0 Å². The Morgan fingerprint density at radius 2 is 1.70 bits per heavy atom. The number of nitrogens with one attached hydrogen (secondary N) is 1. The Morgan fingerprint density at radius 3 is 2.35 bits per heavy atom. The van der Waals surface area contributed by atoms with E-state index in [0.29, 0.717) is 5.02 Å². The zero-order valence-electron chi connectivity index (χ0n) is 21.9. The summed E-state index contributed by atoms with van der Waals surface area (Å²) in [6.45, 7) is 1.18. The lowest BCUT2D eigenvalue weighted by molar-refractivity contribution is -0.139. The van der Waals surface area contributed by atoms with Gasteiger partial charge in [-0.05, 0) is 67.8 Å². The van der Waals surface area contributed by atoms with Gasteiger partial charge in [0, 0.05) is 22.1 Å². The molecule has 0 heterocycles. The van der Waals surface area contributed by atoms with Crippen molar-refractivity contribution < 1.29 is 18.0 Å². The van der Waals surface area contributed by atoms with Gasteiger partial charge in [-0.25, -0.2) is 8.42 Å². The first-order chi connectivity index (χ1) is 19.1. The van der Waals surface area contributed by atoms with Gasteiger partial charge in [0.1, 0.15) is 12.6 Å². The predicted molar refractivity (Wildman–Crippen MR) is 162 cm³/mol. The average Bonchev–Trinajstić information content (AvgIpc) is 3.44. The number of anilines is 1. The van der Waals surface area contributed by atoms with E-state index in [9.17, 15) is 18.0 Å². The molecule has 0 aromatic heterocycles. The largest absolute Gasteiger partial charge is 0.352 e. The Hall–Kier alpha value is -2.59. The summed E-state index contributed by atoms with van der Waals surface area (Å²) >= 11 is 16.0. The molecular formula is C29H30BrCl2N3O4S. The molecule has 0 bridgehead atoms. The summed E-state index contributed by atoms with van der Waals surface area (Å²) < 4.78 is 29.5. The quantitative estimate of drug-likeness (QED) is 0.270. The molecule has 11 heteroatoms. The van der Waals surface area contributed by atoms with Crippen LogP contribution in [0.2, 0.25) is 10.0 Å². The van der Waals surface area contributed by atoms with Crippen LogP contribution in [-0.2, 0) is 26.2 Å². The molecule has 1 saturated carbocycles. The third-order valence-corrected chi connectivity index (χ3v) is 9.70. The standard InChI is InChI=1S/C29H30BrCl2N3O4S/c1-20(29(37)33-24-10-5-6-11-24)34(18-21-8-7-9-22(30)16-21)28(36)19-35(27-15-14-23(31)17-26(27)32)40(38,39)25-12-3-2-4-13-25/h2-4,7-9,12-17,20,24H,5-6,10-11,18-19H2,1H3,(H,33,37)/t20-/m1/s1. The van der Waals surface area contributed by atoms with Gasteiger partial charge in [0.2, 0.25) is 11.8 Å². The molecule has 1 fully saturated rings.